The summed E-state index contributed by atoms with van der Waals surface area (Å²) in [6, 6.07) is 13.9. The van der Waals surface area contributed by atoms with E-state index in [2.05, 4.69) is 26.3 Å². The van der Waals surface area contributed by atoms with Crippen molar-refractivity contribution in [1.29, 1.82) is 0 Å². The van der Waals surface area contributed by atoms with E-state index in [0.29, 0.717) is 15.7 Å². The lowest BCUT2D eigenvalue weighted by molar-refractivity contribution is 0.623. The van der Waals surface area contributed by atoms with Crippen LogP contribution in [0.3, 0.4) is 0 Å². The largest absolute Gasteiger partial charge is 0.308 e. The number of hydrazine groups is 1. The average Bonchev–Trinajstić information content (AvgIpc) is 2.38. The van der Waals surface area contributed by atoms with E-state index in [-0.39, 0.29) is 5.84 Å². The molecule has 0 heterocycles. The van der Waals surface area contributed by atoms with Crippen LogP contribution in [0, 0.1) is 5.82 Å². The van der Waals surface area contributed by atoms with Crippen molar-refractivity contribution >= 4 is 27.5 Å². The highest BCUT2D eigenvalue weighted by Crippen LogP contribution is 2.21. The zero-order chi connectivity index (χ0) is 13.0. The maximum Gasteiger partial charge on any atom is 0.152 e. The molecule has 0 atom stereocenters. The number of hydrogen-bond donors (Lipinski definition) is 2. The zero-order valence-electron chi connectivity index (χ0n) is 9.40. The third-order valence-corrected chi connectivity index (χ3v) is 2.99. The van der Waals surface area contributed by atoms with Gasteiger partial charge in [0.05, 0.1) is 11.3 Å². The Balaban J connectivity index is 2.49. The molecule has 3 nitrogen and oxygen atoms in total. The lowest BCUT2D eigenvalue weighted by Crippen LogP contribution is -2.32. The normalized spacial score (nSPS) is 11.4. The molecule has 0 unspecified atom stereocenters. The second-order valence-electron chi connectivity index (χ2n) is 3.54. The van der Waals surface area contributed by atoms with Gasteiger partial charge in [0, 0.05) is 4.47 Å². The number of amidine groups is 1. The van der Waals surface area contributed by atoms with Crippen molar-refractivity contribution in [3.05, 3.63) is 64.4 Å². The van der Waals surface area contributed by atoms with Crippen LogP contribution in [-0.2, 0) is 0 Å². The minimum Gasteiger partial charge on any atom is -0.308 e. The first-order valence-electron chi connectivity index (χ1n) is 5.27. The van der Waals surface area contributed by atoms with Gasteiger partial charge >= 0.3 is 0 Å². The van der Waals surface area contributed by atoms with Crippen LogP contribution in [0.25, 0.3) is 0 Å². The third-order valence-electron chi connectivity index (χ3n) is 2.33. The van der Waals surface area contributed by atoms with E-state index in [1.807, 2.05) is 30.3 Å². The molecule has 0 saturated heterocycles. The van der Waals surface area contributed by atoms with Gasteiger partial charge in [-0.25, -0.2) is 15.2 Å². The molecule has 2 rings (SSSR count). The monoisotopic (exact) mass is 307 g/mol. The first-order chi connectivity index (χ1) is 8.72. The molecule has 0 radical (unpaired) electrons. The zero-order valence-corrected chi connectivity index (χ0v) is 11.0. The van der Waals surface area contributed by atoms with Crippen LogP contribution in [0.2, 0.25) is 0 Å². The van der Waals surface area contributed by atoms with E-state index in [1.54, 1.807) is 12.1 Å². The van der Waals surface area contributed by atoms with E-state index in [1.165, 1.54) is 6.07 Å². The van der Waals surface area contributed by atoms with Gasteiger partial charge < -0.3 is 5.43 Å². The number of nitrogens with one attached hydrogen (secondary N) is 1. The molecule has 18 heavy (non-hydrogen) atoms. The molecule has 0 fully saturated rings. The Kier molecular flexibility index (Phi) is 4.07. The maximum absolute atomic E-state index is 13.8. The Morgan fingerprint density at radius 3 is 2.44 bits per heavy atom. The minimum absolute atomic E-state index is 0.270. The van der Waals surface area contributed by atoms with Gasteiger partial charge in [0.15, 0.2) is 5.84 Å². The molecule has 3 N–H and O–H groups in total. The lowest BCUT2D eigenvalue weighted by atomic mass is 10.2. The smallest absolute Gasteiger partial charge is 0.152 e. The fourth-order valence-electron chi connectivity index (χ4n) is 1.52. The van der Waals surface area contributed by atoms with Gasteiger partial charge in [-0.15, -0.1) is 0 Å². The third kappa shape index (κ3) is 2.75. The summed E-state index contributed by atoms with van der Waals surface area (Å²) in [7, 11) is 0. The van der Waals surface area contributed by atoms with E-state index in [9.17, 15) is 4.39 Å². The molecule has 0 saturated carbocycles. The van der Waals surface area contributed by atoms with E-state index in [4.69, 9.17) is 5.84 Å². The predicted octanol–water partition coefficient (Wildman–Crippen LogP) is 3.13. The van der Waals surface area contributed by atoms with E-state index < -0.39 is 5.82 Å². The number of benzene rings is 2. The highest BCUT2D eigenvalue weighted by Gasteiger charge is 2.12. The van der Waals surface area contributed by atoms with Crippen molar-refractivity contribution in [3.63, 3.8) is 0 Å². The molecule has 2 aromatic carbocycles. The molecule has 0 spiro atoms. The van der Waals surface area contributed by atoms with Gasteiger partial charge in [-0.05, 0) is 40.2 Å². The first kappa shape index (κ1) is 12.7. The summed E-state index contributed by atoms with van der Waals surface area (Å²) in [4.78, 5) is 4.28. The Morgan fingerprint density at radius 1 is 1.11 bits per heavy atom. The summed E-state index contributed by atoms with van der Waals surface area (Å²) < 4.78 is 14.4. The fraction of sp³-hybridized carbons (Fsp3) is 0. The van der Waals surface area contributed by atoms with E-state index in [0.717, 1.165) is 0 Å². The fourth-order valence-corrected chi connectivity index (χ4v) is 2.05. The van der Waals surface area contributed by atoms with Crippen molar-refractivity contribution in [3.8, 4) is 0 Å². The van der Waals surface area contributed by atoms with Crippen LogP contribution >= 0.6 is 15.9 Å². The standard InChI is InChI=1S/C13H11BrFN3/c14-10-7-4-8-11(15)12(10)13(18-16)17-9-5-2-1-3-6-9/h1-8H,16H2,(H,17,18). The summed E-state index contributed by atoms with van der Waals surface area (Å²) >= 11 is 3.29. The van der Waals surface area contributed by atoms with Gasteiger partial charge in [0.1, 0.15) is 5.82 Å². The van der Waals surface area contributed by atoms with Crippen LogP contribution < -0.4 is 11.3 Å². The van der Waals surface area contributed by atoms with Gasteiger partial charge in [-0.2, -0.15) is 0 Å². The number of aliphatic imine (C=N–C) groups is 1. The lowest BCUT2D eigenvalue weighted by Gasteiger charge is -2.09. The summed E-state index contributed by atoms with van der Waals surface area (Å²) in [5.74, 6) is 5.30. The van der Waals surface area contributed by atoms with Gasteiger partial charge in [0.2, 0.25) is 0 Å². The second-order valence-corrected chi connectivity index (χ2v) is 4.39. The SMILES string of the molecule is NNC(=Nc1ccccc1)c1c(F)cccc1Br. The molecular weight excluding hydrogens is 297 g/mol. The van der Waals surface area contributed by atoms with Crippen molar-refractivity contribution in [2.75, 3.05) is 0 Å². The summed E-state index contributed by atoms with van der Waals surface area (Å²) in [6.07, 6.45) is 0. The molecule has 0 aliphatic rings. The molecule has 0 aromatic heterocycles. The Bertz CT molecular complexity index is 549. The van der Waals surface area contributed by atoms with Crippen LogP contribution in [0.15, 0.2) is 58.0 Å². The highest BCUT2D eigenvalue weighted by atomic mass is 79.9. The number of hydrogen-bond acceptors (Lipinski definition) is 2. The second kappa shape index (κ2) is 5.75. The molecule has 92 valence electrons. The minimum atomic E-state index is -0.392. The predicted molar refractivity (Wildman–Crippen MR) is 74.1 cm³/mol. The number of nitrogens with two attached hydrogens (primary N) is 1. The van der Waals surface area contributed by atoms with Crippen molar-refractivity contribution in [2.45, 2.75) is 0 Å². The van der Waals surface area contributed by atoms with E-state index >= 15 is 0 Å². The van der Waals surface area contributed by atoms with Crippen LogP contribution in [0.4, 0.5) is 10.1 Å². The average molecular weight is 308 g/mol. The Labute approximate surface area is 113 Å². The van der Waals surface area contributed by atoms with Crippen molar-refractivity contribution in [2.24, 2.45) is 10.8 Å². The van der Waals surface area contributed by atoms with Gasteiger partial charge in [0.25, 0.3) is 0 Å². The molecule has 5 heteroatoms. The van der Waals surface area contributed by atoms with Gasteiger partial charge in [-0.3, -0.25) is 0 Å². The number of halogens is 2. The molecular formula is C13H11BrFN3. The van der Waals surface area contributed by atoms with Crippen molar-refractivity contribution < 1.29 is 4.39 Å². The number of rotatable bonds is 2. The first-order valence-corrected chi connectivity index (χ1v) is 6.06. The quantitative estimate of drug-likeness (QED) is 0.387. The summed E-state index contributed by atoms with van der Waals surface area (Å²) in [6.45, 7) is 0. The van der Waals surface area contributed by atoms with Crippen LogP contribution in [-0.4, -0.2) is 5.84 Å². The van der Waals surface area contributed by atoms with Gasteiger partial charge in [-0.1, -0.05) is 24.3 Å². The maximum atomic E-state index is 13.8. The summed E-state index contributed by atoms with van der Waals surface area (Å²) in [5, 5.41) is 0. The van der Waals surface area contributed by atoms with Crippen molar-refractivity contribution in [1.82, 2.24) is 5.43 Å². The van der Waals surface area contributed by atoms with Crippen LogP contribution in [0.5, 0.6) is 0 Å². The van der Waals surface area contributed by atoms with Crippen LogP contribution in [0.1, 0.15) is 5.56 Å². The molecule has 0 aliphatic heterocycles. The molecule has 2 aromatic rings. The molecule has 0 amide bonds. The molecule has 0 aliphatic carbocycles. The number of nitrogens with zero attached hydrogens (tertiary/aromatic N) is 1. The highest BCUT2D eigenvalue weighted by molar-refractivity contribution is 9.10. The Morgan fingerprint density at radius 2 is 1.83 bits per heavy atom. The molecule has 0 bridgehead atoms. The summed E-state index contributed by atoms with van der Waals surface area (Å²) in [5.41, 5.74) is 3.43. The topological polar surface area (TPSA) is 50.4 Å². The Hall–Kier alpha value is -1.72. The number of para-hydroxylation sites is 1.